The van der Waals surface area contributed by atoms with E-state index in [0.29, 0.717) is 0 Å². The second-order valence-corrected chi connectivity index (χ2v) is 4.58. The number of nitrogens with zero attached hydrogens (tertiary/aromatic N) is 2. The molecule has 0 spiro atoms. The van der Waals surface area contributed by atoms with Gasteiger partial charge in [0.25, 0.3) is 5.56 Å². The largest absolute Gasteiger partial charge is 0.494 e. The van der Waals surface area contributed by atoms with Crippen LogP contribution in [-0.2, 0) is 0 Å². The fourth-order valence-corrected chi connectivity index (χ4v) is 2.06. The summed E-state index contributed by atoms with van der Waals surface area (Å²) < 4.78 is -0.00535. The molecule has 0 amide bonds. The van der Waals surface area contributed by atoms with E-state index < -0.39 is 23.3 Å². The lowest BCUT2D eigenvalue weighted by Crippen LogP contribution is -2.25. The molecule has 1 atom stereocenters. The summed E-state index contributed by atoms with van der Waals surface area (Å²) in [7, 11) is 0. The van der Waals surface area contributed by atoms with Gasteiger partial charge in [0, 0.05) is 5.92 Å². The summed E-state index contributed by atoms with van der Waals surface area (Å²) in [6, 6.07) is 3.67. The third-order valence-electron chi connectivity index (χ3n) is 2.65. The van der Waals surface area contributed by atoms with E-state index >= 15 is 0 Å². The van der Waals surface area contributed by atoms with Crippen molar-refractivity contribution in [3.05, 3.63) is 20.7 Å². The Morgan fingerprint density at radius 2 is 1.83 bits per heavy atom. The highest BCUT2D eigenvalue weighted by Gasteiger charge is 2.31. The van der Waals surface area contributed by atoms with Gasteiger partial charge in [-0.1, -0.05) is 13.8 Å². The van der Waals surface area contributed by atoms with Crippen LogP contribution in [0.5, 0.6) is 5.88 Å². The van der Waals surface area contributed by atoms with E-state index in [1.807, 2.05) is 12.1 Å². The Morgan fingerprint density at radius 1 is 1.28 bits per heavy atom. The Morgan fingerprint density at radius 3 is 2.22 bits per heavy atom. The average molecular weight is 264 g/mol. The molecule has 0 aliphatic heterocycles. The van der Waals surface area contributed by atoms with Crippen LogP contribution in [0.15, 0.2) is 4.79 Å². The molecule has 0 bridgehead atoms. The van der Waals surface area contributed by atoms with Crippen LogP contribution in [0.3, 0.4) is 0 Å². The smallest absolute Gasteiger partial charge is 0.259 e. The number of hydrogen-bond acceptors (Lipinski definition) is 5. The second kappa shape index (κ2) is 5.48. The molecule has 0 aliphatic rings. The zero-order valence-electron chi connectivity index (χ0n) is 9.89. The van der Waals surface area contributed by atoms with Crippen molar-refractivity contribution in [2.75, 3.05) is 0 Å². The van der Waals surface area contributed by atoms with E-state index in [0.717, 1.165) is 0 Å². The first-order valence-corrected chi connectivity index (χ1v) is 5.67. The average Bonchev–Trinajstić information content (AvgIpc) is 2.26. The third-order valence-corrected chi connectivity index (χ3v) is 2.85. The zero-order valence-corrected chi connectivity index (χ0v) is 10.7. The number of nitrogens with one attached hydrogen (secondary N) is 2. The first kappa shape index (κ1) is 13.9. The first-order chi connectivity index (χ1) is 8.42. The molecule has 1 rings (SSSR count). The number of nitriles is 2. The number of aromatic nitrogens is 2. The fraction of sp³-hybridized carbons (Fsp3) is 0.455. The van der Waals surface area contributed by atoms with Gasteiger partial charge in [-0.05, 0) is 18.1 Å². The van der Waals surface area contributed by atoms with Crippen molar-refractivity contribution in [1.82, 2.24) is 9.97 Å². The molecule has 0 saturated carbocycles. The summed E-state index contributed by atoms with van der Waals surface area (Å²) in [5, 5.41) is 27.7. The van der Waals surface area contributed by atoms with Gasteiger partial charge in [-0.2, -0.15) is 10.5 Å². The van der Waals surface area contributed by atoms with Gasteiger partial charge in [-0.25, -0.2) is 0 Å². The standard InChI is InChI=1S/C11H12N4O2S/c1-5(2)7(6(3-12)4-13)8-9(16)14-11(18)15-10(8)17/h5-7H,1-2H3,(H3,14,15,16,17,18)/t7-/m0/s1. The Bertz CT molecular complexity index is 618. The molecule has 1 aromatic rings. The van der Waals surface area contributed by atoms with E-state index in [9.17, 15) is 9.90 Å². The number of aromatic hydroxyl groups is 1. The van der Waals surface area contributed by atoms with Crippen LogP contribution in [0.1, 0.15) is 25.3 Å². The lowest BCUT2D eigenvalue weighted by Gasteiger charge is -2.21. The van der Waals surface area contributed by atoms with Crippen LogP contribution < -0.4 is 5.56 Å². The van der Waals surface area contributed by atoms with E-state index in [4.69, 9.17) is 22.7 Å². The van der Waals surface area contributed by atoms with Gasteiger partial charge in [-0.3, -0.25) is 9.78 Å². The number of H-pyrrole nitrogens is 2. The highest BCUT2D eigenvalue weighted by Crippen LogP contribution is 2.33. The summed E-state index contributed by atoms with van der Waals surface area (Å²) in [6.45, 7) is 3.54. The summed E-state index contributed by atoms with van der Waals surface area (Å²) in [4.78, 5) is 16.6. The zero-order chi connectivity index (χ0) is 13.9. The predicted molar refractivity (Wildman–Crippen MR) is 66.2 cm³/mol. The van der Waals surface area contributed by atoms with Crippen LogP contribution in [0, 0.1) is 39.3 Å². The Balaban J connectivity index is 3.52. The monoisotopic (exact) mass is 264 g/mol. The molecule has 0 aliphatic carbocycles. The molecule has 18 heavy (non-hydrogen) atoms. The summed E-state index contributed by atoms with van der Waals surface area (Å²) in [6.07, 6.45) is 0. The molecular formula is C11H12N4O2S. The molecule has 0 unspecified atom stereocenters. The van der Waals surface area contributed by atoms with Crippen molar-refractivity contribution in [2.45, 2.75) is 19.8 Å². The molecule has 0 aromatic carbocycles. The molecule has 7 heteroatoms. The van der Waals surface area contributed by atoms with Crippen LogP contribution >= 0.6 is 12.2 Å². The van der Waals surface area contributed by atoms with Gasteiger partial charge in [0.1, 0.15) is 5.92 Å². The highest BCUT2D eigenvalue weighted by atomic mass is 32.1. The molecular weight excluding hydrogens is 252 g/mol. The maximum atomic E-state index is 11.8. The van der Waals surface area contributed by atoms with Gasteiger partial charge in [0.05, 0.1) is 17.7 Å². The molecule has 0 fully saturated rings. The van der Waals surface area contributed by atoms with E-state index in [1.165, 1.54) is 0 Å². The highest BCUT2D eigenvalue weighted by molar-refractivity contribution is 7.71. The van der Waals surface area contributed by atoms with Crippen LogP contribution in [0.2, 0.25) is 0 Å². The quantitative estimate of drug-likeness (QED) is 0.716. The van der Waals surface area contributed by atoms with Gasteiger partial charge in [0.15, 0.2) is 10.7 Å². The summed E-state index contributed by atoms with van der Waals surface area (Å²) in [5.74, 6) is -2.25. The van der Waals surface area contributed by atoms with Crippen LogP contribution in [0.4, 0.5) is 0 Å². The lowest BCUT2D eigenvalue weighted by molar-refractivity contribution is 0.396. The molecule has 6 nitrogen and oxygen atoms in total. The van der Waals surface area contributed by atoms with Crippen LogP contribution in [0.25, 0.3) is 0 Å². The SMILES string of the molecule is CC(C)[C@H](c1c(O)[nH]c(=S)[nH]c1=O)C(C#N)C#N. The molecule has 3 N–H and O–H groups in total. The normalized spacial score (nSPS) is 12.1. The lowest BCUT2D eigenvalue weighted by atomic mass is 9.80. The van der Waals surface area contributed by atoms with Crippen molar-refractivity contribution in [2.24, 2.45) is 11.8 Å². The molecule has 1 heterocycles. The predicted octanol–water partition coefficient (Wildman–Crippen LogP) is 1.54. The Labute approximate surface area is 109 Å². The van der Waals surface area contributed by atoms with Gasteiger partial charge in [-0.15, -0.1) is 0 Å². The van der Waals surface area contributed by atoms with Gasteiger partial charge in [0.2, 0.25) is 0 Å². The van der Waals surface area contributed by atoms with E-state index in [-0.39, 0.29) is 16.3 Å². The van der Waals surface area contributed by atoms with Crippen molar-refractivity contribution in [3.8, 4) is 18.0 Å². The summed E-state index contributed by atoms with van der Waals surface area (Å²) in [5.41, 5.74) is -0.586. The minimum atomic E-state index is -1.01. The van der Waals surface area contributed by atoms with Crippen LogP contribution in [-0.4, -0.2) is 15.1 Å². The first-order valence-electron chi connectivity index (χ1n) is 5.27. The summed E-state index contributed by atoms with van der Waals surface area (Å²) >= 11 is 4.72. The maximum absolute atomic E-state index is 11.8. The topological polar surface area (TPSA) is 116 Å². The number of hydrogen-bond donors (Lipinski definition) is 3. The van der Waals surface area contributed by atoms with Crippen molar-refractivity contribution >= 4 is 12.2 Å². The van der Waals surface area contributed by atoms with Gasteiger partial charge >= 0.3 is 0 Å². The molecule has 94 valence electrons. The minimum absolute atomic E-state index is 0.00535. The van der Waals surface area contributed by atoms with Crippen molar-refractivity contribution in [3.63, 3.8) is 0 Å². The number of rotatable bonds is 3. The fourth-order valence-electron chi connectivity index (χ4n) is 1.87. The Kier molecular flexibility index (Phi) is 4.24. The number of aromatic amines is 2. The second-order valence-electron chi connectivity index (χ2n) is 4.18. The van der Waals surface area contributed by atoms with E-state index in [2.05, 4.69) is 9.97 Å². The maximum Gasteiger partial charge on any atom is 0.259 e. The third kappa shape index (κ3) is 2.58. The Hall–Kier alpha value is -2.12. The van der Waals surface area contributed by atoms with Crippen molar-refractivity contribution in [1.29, 1.82) is 10.5 Å². The van der Waals surface area contributed by atoms with Gasteiger partial charge < -0.3 is 10.1 Å². The molecule has 1 aromatic heterocycles. The minimum Gasteiger partial charge on any atom is -0.494 e. The van der Waals surface area contributed by atoms with E-state index in [1.54, 1.807) is 13.8 Å². The van der Waals surface area contributed by atoms with Crippen molar-refractivity contribution < 1.29 is 5.11 Å². The molecule has 0 radical (unpaired) electrons. The molecule has 0 saturated heterocycles.